The van der Waals surface area contributed by atoms with E-state index in [2.05, 4.69) is 52.3 Å². The summed E-state index contributed by atoms with van der Waals surface area (Å²) in [7, 11) is 1.96. The Morgan fingerprint density at radius 3 is 2.48 bits per heavy atom. The largest absolute Gasteiger partial charge is 0.409 e. The highest BCUT2D eigenvalue weighted by Crippen LogP contribution is 2.29. The second kappa shape index (κ2) is 6.63. The zero-order valence-electron chi connectivity index (χ0n) is 12.0. The van der Waals surface area contributed by atoms with Crippen molar-refractivity contribution in [2.75, 3.05) is 11.9 Å². The summed E-state index contributed by atoms with van der Waals surface area (Å²) in [4.78, 5) is 2.01. The number of benzene rings is 2. The highest BCUT2D eigenvalue weighted by atomic mass is 79.9. The second-order valence-electron chi connectivity index (χ2n) is 4.73. The van der Waals surface area contributed by atoms with Crippen LogP contribution in [-0.4, -0.2) is 18.1 Å². The number of anilines is 2. The van der Waals surface area contributed by atoms with E-state index in [1.165, 1.54) is 5.56 Å². The van der Waals surface area contributed by atoms with Gasteiger partial charge < -0.3 is 15.8 Å². The summed E-state index contributed by atoms with van der Waals surface area (Å²) < 4.78 is 0.877. The van der Waals surface area contributed by atoms with Crippen LogP contribution in [0.15, 0.2) is 52.1 Å². The molecule has 0 saturated heterocycles. The molecule has 4 nitrogen and oxygen atoms in total. The monoisotopic (exact) mass is 347 g/mol. The van der Waals surface area contributed by atoms with Crippen LogP contribution in [0.3, 0.4) is 0 Å². The smallest absolute Gasteiger partial charge is 0.172 e. The molecule has 5 heteroatoms. The Hall–Kier alpha value is -2.01. The zero-order valence-corrected chi connectivity index (χ0v) is 13.6. The lowest BCUT2D eigenvalue weighted by Crippen LogP contribution is -2.19. The molecule has 21 heavy (non-hydrogen) atoms. The number of oxime groups is 1. The molecule has 0 spiro atoms. The van der Waals surface area contributed by atoms with Gasteiger partial charge in [-0.15, -0.1) is 0 Å². The lowest BCUT2D eigenvalue weighted by Gasteiger charge is -2.22. The van der Waals surface area contributed by atoms with Crippen LogP contribution in [0, 0.1) is 0 Å². The van der Waals surface area contributed by atoms with Gasteiger partial charge in [-0.05, 0) is 42.3 Å². The molecule has 0 atom stereocenters. The van der Waals surface area contributed by atoms with E-state index in [1.54, 1.807) is 0 Å². The van der Waals surface area contributed by atoms with Gasteiger partial charge in [0.1, 0.15) is 0 Å². The Morgan fingerprint density at radius 1 is 1.24 bits per heavy atom. The Balaban J connectivity index is 2.44. The standard InChI is InChI=1S/C16H18BrN3O/c1-3-11-4-7-13(8-5-11)20(2)15-9-6-12(17)10-14(15)16(18)19-21/h4-10,21H,3H2,1-2H3,(H2,18,19). The number of rotatable bonds is 4. The zero-order chi connectivity index (χ0) is 15.4. The molecule has 0 saturated carbocycles. The maximum absolute atomic E-state index is 8.95. The van der Waals surface area contributed by atoms with Gasteiger partial charge in [0.05, 0.1) is 5.69 Å². The predicted octanol–water partition coefficient (Wildman–Crippen LogP) is 3.87. The third-order valence-corrected chi connectivity index (χ3v) is 3.93. The van der Waals surface area contributed by atoms with Gasteiger partial charge in [-0.25, -0.2) is 0 Å². The van der Waals surface area contributed by atoms with Crippen LogP contribution >= 0.6 is 15.9 Å². The highest BCUT2D eigenvalue weighted by Gasteiger charge is 2.13. The first kappa shape index (κ1) is 15.4. The van der Waals surface area contributed by atoms with E-state index >= 15 is 0 Å². The molecule has 0 unspecified atom stereocenters. The van der Waals surface area contributed by atoms with Crippen LogP contribution in [0.5, 0.6) is 0 Å². The molecule has 0 aromatic heterocycles. The van der Waals surface area contributed by atoms with E-state index in [4.69, 9.17) is 10.9 Å². The first-order valence-corrected chi connectivity index (χ1v) is 7.46. The quantitative estimate of drug-likeness (QED) is 0.382. The first-order valence-electron chi connectivity index (χ1n) is 6.67. The lowest BCUT2D eigenvalue weighted by molar-refractivity contribution is 0.318. The molecule has 0 radical (unpaired) electrons. The van der Waals surface area contributed by atoms with Crippen LogP contribution < -0.4 is 10.6 Å². The molecule has 2 aromatic carbocycles. The summed E-state index contributed by atoms with van der Waals surface area (Å²) in [6.45, 7) is 2.13. The topological polar surface area (TPSA) is 61.8 Å². The predicted molar refractivity (Wildman–Crippen MR) is 90.5 cm³/mol. The molecule has 0 fully saturated rings. The molecule has 0 heterocycles. The van der Waals surface area contributed by atoms with Crippen LogP contribution in [0.1, 0.15) is 18.1 Å². The summed E-state index contributed by atoms with van der Waals surface area (Å²) in [5.74, 6) is 0.0864. The number of hydrogen-bond donors (Lipinski definition) is 2. The van der Waals surface area contributed by atoms with Gasteiger partial charge in [0, 0.05) is 22.8 Å². The SMILES string of the molecule is CCc1ccc(N(C)c2ccc(Br)cc2/C(N)=N/O)cc1. The van der Waals surface area contributed by atoms with E-state index in [1.807, 2.05) is 30.1 Å². The Kier molecular flexibility index (Phi) is 4.85. The van der Waals surface area contributed by atoms with Crippen LogP contribution in [-0.2, 0) is 6.42 Å². The number of nitrogens with two attached hydrogens (primary N) is 1. The number of aryl methyl sites for hydroxylation is 1. The van der Waals surface area contributed by atoms with Gasteiger partial charge in [-0.3, -0.25) is 0 Å². The minimum Gasteiger partial charge on any atom is -0.409 e. The minimum absolute atomic E-state index is 0.0864. The molecule has 0 aliphatic carbocycles. The fourth-order valence-electron chi connectivity index (χ4n) is 2.15. The number of hydrogen-bond acceptors (Lipinski definition) is 3. The number of nitrogens with zero attached hydrogens (tertiary/aromatic N) is 2. The van der Waals surface area contributed by atoms with Gasteiger partial charge >= 0.3 is 0 Å². The summed E-state index contributed by atoms with van der Waals surface area (Å²) in [5.41, 5.74) is 9.66. The van der Waals surface area contributed by atoms with Gasteiger partial charge in [-0.2, -0.15) is 0 Å². The first-order chi connectivity index (χ1) is 10.1. The van der Waals surface area contributed by atoms with Crippen molar-refractivity contribution in [2.45, 2.75) is 13.3 Å². The van der Waals surface area contributed by atoms with Crippen LogP contribution in [0.2, 0.25) is 0 Å². The summed E-state index contributed by atoms with van der Waals surface area (Å²) in [6, 6.07) is 14.0. The summed E-state index contributed by atoms with van der Waals surface area (Å²) in [5, 5.41) is 12.1. The van der Waals surface area contributed by atoms with Crippen molar-refractivity contribution in [3.05, 3.63) is 58.1 Å². The van der Waals surface area contributed by atoms with E-state index in [0.717, 1.165) is 22.3 Å². The molecule has 0 bridgehead atoms. The fraction of sp³-hybridized carbons (Fsp3) is 0.188. The summed E-state index contributed by atoms with van der Waals surface area (Å²) in [6.07, 6.45) is 1.01. The molecule has 3 N–H and O–H groups in total. The third-order valence-electron chi connectivity index (χ3n) is 3.44. The van der Waals surface area contributed by atoms with Crippen molar-refractivity contribution in [1.82, 2.24) is 0 Å². The van der Waals surface area contributed by atoms with Gasteiger partial charge in [0.25, 0.3) is 0 Å². The molecule has 2 aromatic rings. The fourth-order valence-corrected chi connectivity index (χ4v) is 2.52. The van der Waals surface area contributed by atoms with E-state index in [0.29, 0.717) is 5.56 Å². The lowest BCUT2D eigenvalue weighted by atomic mass is 10.1. The van der Waals surface area contributed by atoms with Gasteiger partial charge in [-0.1, -0.05) is 40.1 Å². The highest BCUT2D eigenvalue weighted by molar-refractivity contribution is 9.10. The van der Waals surface area contributed by atoms with Crippen molar-refractivity contribution < 1.29 is 5.21 Å². The minimum atomic E-state index is 0.0864. The molecule has 0 aliphatic rings. The average Bonchev–Trinajstić information content (AvgIpc) is 2.53. The van der Waals surface area contributed by atoms with Crippen molar-refractivity contribution in [2.24, 2.45) is 10.9 Å². The van der Waals surface area contributed by atoms with Crippen molar-refractivity contribution in [1.29, 1.82) is 0 Å². The Bertz CT molecular complexity index is 653. The van der Waals surface area contributed by atoms with E-state index < -0.39 is 0 Å². The van der Waals surface area contributed by atoms with Crippen molar-refractivity contribution >= 4 is 33.1 Å². The molecular weight excluding hydrogens is 330 g/mol. The van der Waals surface area contributed by atoms with Gasteiger partial charge in [0.15, 0.2) is 5.84 Å². The van der Waals surface area contributed by atoms with Crippen molar-refractivity contribution in [3.8, 4) is 0 Å². The normalized spacial score (nSPS) is 11.5. The molecule has 110 valence electrons. The van der Waals surface area contributed by atoms with E-state index in [9.17, 15) is 0 Å². The van der Waals surface area contributed by atoms with Crippen LogP contribution in [0.4, 0.5) is 11.4 Å². The molecular formula is C16H18BrN3O. The third kappa shape index (κ3) is 3.36. The number of amidine groups is 1. The number of halogens is 1. The maximum atomic E-state index is 8.95. The Morgan fingerprint density at radius 2 is 1.90 bits per heavy atom. The van der Waals surface area contributed by atoms with Crippen molar-refractivity contribution in [3.63, 3.8) is 0 Å². The molecule has 0 amide bonds. The maximum Gasteiger partial charge on any atom is 0.172 e. The second-order valence-corrected chi connectivity index (χ2v) is 5.64. The van der Waals surface area contributed by atoms with Crippen LogP contribution in [0.25, 0.3) is 0 Å². The van der Waals surface area contributed by atoms with Gasteiger partial charge in [0.2, 0.25) is 0 Å². The molecule has 2 rings (SSSR count). The Labute approximate surface area is 133 Å². The van der Waals surface area contributed by atoms with E-state index in [-0.39, 0.29) is 5.84 Å². The summed E-state index contributed by atoms with van der Waals surface area (Å²) >= 11 is 3.41. The molecule has 0 aliphatic heterocycles. The average molecular weight is 348 g/mol.